The van der Waals surface area contributed by atoms with Crippen LogP contribution in [0.5, 0.6) is 0 Å². The van der Waals surface area contributed by atoms with E-state index in [0.717, 1.165) is 18.8 Å². The number of carbonyl (C=O) groups is 1. The van der Waals surface area contributed by atoms with Crippen molar-refractivity contribution in [2.24, 2.45) is 0 Å². The largest absolute Gasteiger partial charge is 0.480 e. The fraction of sp³-hybridized carbons (Fsp3) is 0.533. The molecule has 1 rings (SSSR count). The number of thioether (sulfide) groups is 1. The summed E-state index contributed by atoms with van der Waals surface area (Å²) in [6.07, 6.45) is 0. The van der Waals surface area contributed by atoms with Crippen LogP contribution in [0.25, 0.3) is 0 Å². The lowest BCUT2D eigenvalue weighted by atomic mass is 10.0. The number of benzene rings is 1. The number of likely N-dealkylation sites (N-methyl/N-ethyl adjacent to an activating group) is 1. The number of aryl methyl sites for hydroxylation is 1. The Morgan fingerprint density at radius 1 is 1.32 bits per heavy atom. The summed E-state index contributed by atoms with van der Waals surface area (Å²) >= 11 is 1.77. The van der Waals surface area contributed by atoms with Gasteiger partial charge in [0.2, 0.25) is 0 Å². The molecule has 0 radical (unpaired) electrons. The first-order valence-electron chi connectivity index (χ1n) is 6.56. The first-order valence-corrected chi connectivity index (χ1v) is 7.54. The first kappa shape index (κ1) is 16.1. The van der Waals surface area contributed by atoms with Crippen LogP contribution in [0.4, 0.5) is 0 Å². The molecule has 0 fully saturated rings. The third-order valence-electron chi connectivity index (χ3n) is 3.35. The van der Waals surface area contributed by atoms with Crippen molar-refractivity contribution in [1.29, 1.82) is 0 Å². The number of nitrogens with zero attached hydrogens (tertiary/aromatic N) is 1. The molecule has 0 saturated heterocycles. The maximum atomic E-state index is 11.2. The van der Waals surface area contributed by atoms with E-state index in [4.69, 9.17) is 0 Å². The van der Waals surface area contributed by atoms with Crippen LogP contribution in [0.3, 0.4) is 0 Å². The van der Waals surface area contributed by atoms with Crippen molar-refractivity contribution in [3.63, 3.8) is 0 Å². The topological polar surface area (TPSA) is 40.5 Å². The summed E-state index contributed by atoms with van der Waals surface area (Å²) in [4.78, 5) is 14.5. The van der Waals surface area contributed by atoms with Gasteiger partial charge in [0.25, 0.3) is 0 Å². The molecule has 0 bridgehead atoms. The highest BCUT2D eigenvalue weighted by molar-refractivity contribution is 7.99. The summed E-state index contributed by atoms with van der Waals surface area (Å²) < 4.78 is 0. The van der Waals surface area contributed by atoms with Crippen molar-refractivity contribution in [2.45, 2.75) is 38.1 Å². The molecule has 0 amide bonds. The van der Waals surface area contributed by atoms with Gasteiger partial charge in [0.1, 0.15) is 5.54 Å². The van der Waals surface area contributed by atoms with Gasteiger partial charge >= 0.3 is 5.97 Å². The monoisotopic (exact) mass is 281 g/mol. The van der Waals surface area contributed by atoms with Gasteiger partial charge in [0, 0.05) is 17.2 Å². The maximum Gasteiger partial charge on any atom is 0.323 e. The van der Waals surface area contributed by atoms with Gasteiger partial charge in [-0.05, 0) is 39.4 Å². The van der Waals surface area contributed by atoms with Crippen LogP contribution in [0.1, 0.15) is 26.3 Å². The van der Waals surface area contributed by atoms with Crippen molar-refractivity contribution in [2.75, 3.05) is 18.8 Å². The van der Waals surface area contributed by atoms with Crippen LogP contribution in [-0.2, 0) is 4.79 Å². The average Bonchev–Trinajstić information content (AvgIpc) is 2.36. The second-order valence-electron chi connectivity index (χ2n) is 5.11. The highest BCUT2D eigenvalue weighted by Crippen LogP contribution is 2.20. The summed E-state index contributed by atoms with van der Waals surface area (Å²) in [7, 11) is 0. The molecule has 0 aromatic heterocycles. The molecule has 4 heteroatoms. The van der Waals surface area contributed by atoms with Gasteiger partial charge in [-0.2, -0.15) is 0 Å². The van der Waals surface area contributed by atoms with Gasteiger partial charge in [0.15, 0.2) is 0 Å². The molecule has 0 atom stereocenters. The lowest BCUT2D eigenvalue weighted by Crippen LogP contribution is -2.50. The molecular formula is C15H23NO2S. The van der Waals surface area contributed by atoms with Gasteiger partial charge in [-0.15, -0.1) is 11.8 Å². The zero-order valence-corrected chi connectivity index (χ0v) is 13.0. The Kier molecular flexibility index (Phi) is 5.88. The third-order valence-corrected chi connectivity index (χ3v) is 4.34. The standard InChI is InChI=1S/C15H23NO2S/c1-5-16(15(3,4)14(17)18)10-11-19-13-8-6-12(2)7-9-13/h6-9H,5,10-11H2,1-4H3,(H,17,18). The molecule has 0 spiro atoms. The van der Waals surface area contributed by atoms with E-state index in [0.29, 0.717) is 0 Å². The summed E-state index contributed by atoms with van der Waals surface area (Å²) in [6, 6.07) is 8.42. The van der Waals surface area contributed by atoms with Crippen molar-refractivity contribution < 1.29 is 9.90 Å². The average molecular weight is 281 g/mol. The van der Waals surface area contributed by atoms with Crippen LogP contribution in [0.2, 0.25) is 0 Å². The van der Waals surface area contributed by atoms with Crippen molar-refractivity contribution >= 4 is 17.7 Å². The SMILES string of the molecule is CCN(CCSc1ccc(C)cc1)C(C)(C)C(=O)O. The van der Waals surface area contributed by atoms with Crippen molar-refractivity contribution in [1.82, 2.24) is 4.90 Å². The Morgan fingerprint density at radius 2 is 1.89 bits per heavy atom. The second kappa shape index (κ2) is 6.96. The lowest BCUT2D eigenvalue weighted by Gasteiger charge is -2.33. The van der Waals surface area contributed by atoms with Gasteiger partial charge < -0.3 is 5.11 Å². The quantitative estimate of drug-likeness (QED) is 0.779. The summed E-state index contributed by atoms with van der Waals surface area (Å²) in [5.74, 6) is 0.128. The molecule has 106 valence electrons. The van der Waals surface area contributed by atoms with E-state index in [2.05, 4.69) is 31.2 Å². The first-order chi connectivity index (χ1) is 8.87. The van der Waals surface area contributed by atoms with E-state index in [9.17, 15) is 9.90 Å². The number of carboxylic acids is 1. The summed E-state index contributed by atoms with van der Waals surface area (Å²) in [5, 5.41) is 9.24. The minimum absolute atomic E-state index is 0.744. The van der Waals surface area contributed by atoms with Gasteiger partial charge in [-0.3, -0.25) is 9.69 Å². The van der Waals surface area contributed by atoms with Gasteiger partial charge in [0.05, 0.1) is 0 Å². The zero-order chi connectivity index (χ0) is 14.5. The van der Waals surface area contributed by atoms with Crippen LogP contribution in [0.15, 0.2) is 29.2 Å². The maximum absolute atomic E-state index is 11.2. The number of carboxylic acid groups (broad SMARTS) is 1. The lowest BCUT2D eigenvalue weighted by molar-refractivity contribution is -0.149. The van der Waals surface area contributed by atoms with Crippen LogP contribution in [0, 0.1) is 6.92 Å². The molecule has 1 aromatic rings. The smallest absolute Gasteiger partial charge is 0.323 e. The fourth-order valence-electron chi connectivity index (χ4n) is 1.88. The fourth-order valence-corrected chi connectivity index (χ4v) is 2.75. The van der Waals surface area contributed by atoms with Gasteiger partial charge in [-0.1, -0.05) is 24.6 Å². The van der Waals surface area contributed by atoms with Crippen LogP contribution in [-0.4, -0.2) is 40.4 Å². The zero-order valence-electron chi connectivity index (χ0n) is 12.1. The minimum atomic E-state index is -0.803. The summed E-state index contributed by atoms with van der Waals surface area (Å²) in [6.45, 7) is 9.11. The second-order valence-corrected chi connectivity index (χ2v) is 6.27. The van der Waals surface area contributed by atoms with Crippen molar-refractivity contribution in [3.05, 3.63) is 29.8 Å². The Hall–Kier alpha value is -1.00. The molecule has 1 aromatic carbocycles. The summed E-state index contributed by atoms with van der Waals surface area (Å²) in [5.41, 5.74) is 0.453. The normalized spacial score (nSPS) is 11.8. The van der Waals surface area contributed by atoms with E-state index < -0.39 is 11.5 Å². The number of aliphatic carboxylic acids is 1. The molecule has 0 saturated carbocycles. The minimum Gasteiger partial charge on any atom is -0.480 e. The van der Waals surface area contributed by atoms with Gasteiger partial charge in [-0.25, -0.2) is 0 Å². The van der Waals surface area contributed by atoms with Crippen LogP contribution >= 0.6 is 11.8 Å². The van der Waals surface area contributed by atoms with E-state index in [1.807, 2.05) is 11.8 Å². The Labute approximate surface area is 120 Å². The molecular weight excluding hydrogens is 258 g/mol. The molecule has 19 heavy (non-hydrogen) atoms. The highest BCUT2D eigenvalue weighted by atomic mass is 32.2. The van der Waals surface area contributed by atoms with E-state index in [1.165, 1.54) is 10.5 Å². The Morgan fingerprint density at radius 3 is 2.37 bits per heavy atom. The predicted molar refractivity (Wildman–Crippen MR) is 80.9 cm³/mol. The van der Waals surface area contributed by atoms with E-state index >= 15 is 0 Å². The number of hydrogen-bond acceptors (Lipinski definition) is 3. The molecule has 3 nitrogen and oxygen atoms in total. The molecule has 0 aliphatic carbocycles. The van der Waals surface area contributed by atoms with E-state index in [1.54, 1.807) is 25.6 Å². The molecule has 0 heterocycles. The highest BCUT2D eigenvalue weighted by Gasteiger charge is 2.33. The van der Waals surface area contributed by atoms with Crippen molar-refractivity contribution in [3.8, 4) is 0 Å². The predicted octanol–water partition coefficient (Wildman–Crippen LogP) is 3.27. The third kappa shape index (κ3) is 4.55. The molecule has 0 aliphatic rings. The van der Waals surface area contributed by atoms with E-state index in [-0.39, 0.29) is 0 Å². The Bertz CT molecular complexity index is 415. The number of rotatable bonds is 7. The number of hydrogen-bond donors (Lipinski definition) is 1. The van der Waals surface area contributed by atoms with Crippen LogP contribution < -0.4 is 0 Å². The molecule has 0 aliphatic heterocycles. The molecule has 0 unspecified atom stereocenters. The molecule has 1 N–H and O–H groups in total. The Balaban J connectivity index is 2.50.